The molecule has 0 bridgehead atoms. The summed E-state index contributed by atoms with van der Waals surface area (Å²) in [5.74, 6) is 0. The minimum absolute atomic E-state index is 0.0647. The molecule has 0 aromatic heterocycles. The number of hydrogen-bond acceptors (Lipinski definition) is 2. The van der Waals surface area contributed by atoms with E-state index in [0.29, 0.717) is 0 Å². The van der Waals surface area contributed by atoms with Crippen LogP contribution in [-0.2, 0) is 5.41 Å². The van der Waals surface area contributed by atoms with Crippen molar-refractivity contribution in [2.24, 2.45) is 0 Å². The van der Waals surface area contributed by atoms with Gasteiger partial charge in [-0.1, -0.05) is 94.1 Å². The molecule has 4 aromatic carbocycles. The Morgan fingerprint density at radius 3 is 1.69 bits per heavy atom. The summed E-state index contributed by atoms with van der Waals surface area (Å²) in [7, 11) is 0. The van der Waals surface area contributed by atoms with Crippen molar-refractivity contribution in [3.8, 4) is 11.1 Å². The van der Waals surface area contributed by atoms with Gasteiger partial charge in [-0.15, -0.1) is 0 Å². The molecule has 0 saturated carbocycles. The molecule has 2 nitrogen and oxygen atoms in total. The molecule has 0 spiro atoms. The number of fused-ring (bicyclic) bond motifs is 3. The molecule has 36 heavy (non-hydrogen) atoms. The van der Waals surface area contributed by atoms with Crippen molar-refractivity contribution in [2.45, 2.75) is 57.8 Å². The minimum atomic E-state index is -0.0647. The van der Waals surface area contributed by atoms with Crippen molar-refractivity contribution in [3.05, 3.63) is 114 Å². The molecule has 0 N–H and O–H groups in total. The van der Waals surface area contributed by atoms with E-state index in [9.17, 15) is 4.79 Å². The Labute approximate surface area is 215 Å². The van der Waals surface area contributed by atoms with Crippen LogP contribution in [0.4, 0.5) is 17.1 Å². The smallest absolute Gasteiger partial charge is 0.150 e. The van der Waals surface area contributed by atoms with Crippen LogP contribution in [0.5, 0.6) is 0 Å². The average Bonchev–Trinajstić information content (AvgIpc) is 3.20. The molecule has 0 radical (unpaired) electrons. The molecule has 182 valence electrons. The predicted molar refractivity (Wildman–Crippen MR) is 152 cm³/mol. The maximum absolute atomic E-state index is 11.8. The lowest BCUT2D eigenvalue weighted by atomic mass is 9.70. The average molecular weight is 474 g/mol. The topological polar surface area (TPSA) is 20.3 Å². The highest BCUT2D eigenvalue weighted by atomic mass is 16.1. The van der Waals surface area contributed by atoms with Gasteiger partial charge in [0.05, 0.1) is 0 Å². The zero-order valence-electron chi connectivity index (χ0n) is 21.4. The molecule has 0 amide bonds. The Morgan fingerprint density at radius 2 is 1.17 bits per heavy atom. The van der Waals surface area contributed by atoms with Gasteiger partial charge in [0.25, 0.3) is 0 Å². The fraction of sp³-hybridized carbons (Fsp3) is 0.265. The zero-order chi connectivity index (χ0) is 25.0. The summed E-state index contributed by atoms with van der Waals surface area (Å²) in [5, 5.41) is 0. The first-order valence-electron chi connectivity index (χ1n) is 13.4. The van der Waals surface area contributed by atoms with Gasteiger partial charge in [-0.2, -0.15) is 0 Å². The number of hydrogen-bond donors (Lipinski definition) is 0. The van der Waals surface area contributed by atoms with Crippen LogP contribution in [-0.4, -0.2) is 6.29 Å². The number of rotatable bonds is 10. The molecule has 0 fully saturated rings. The third-order valence-corrected chi connectivity index (χ3v) is 7.71. The van der Waals surface area contributed by atoms with Gasteiger partial charge in [0.1, 0.15) is 6.29 Å². The molecule has 0 aliphatic heterocycles. The first-order chi connectivity index (χ1) is 17.7. The van der Waals surface area contributed by atoms with Gasteiger partial charge in [-0.05, 0) is 77.6 Å². The van der Waals surface area contributed by atoms with Gasteiger partial charge >= 0.3 is 0 Å². The lowest BCUT2D eigenvalue weighted by Crippen LogP contribution is -2.26. The summed E-state index contributed by atoms with van der Waals surface area (Å²) >= 11 is 0. The van der Waals surface area contributed by atoms with E-state index in [4.69, 9.17) is 0 Å². The quantitative estimate of drug-likeness (QED) is 0.214. The number of para-hydroxylation sites is 2. The SMILES string of the molecule is CCCCC1(CCCC)c2cc(C=O)ccc2-c2ccc(N(c3ccccc3)c3ccccc3)cc21. The Hall–Kier alpha value is -3.65. The molecule has 0 heterocycles. The maximum atomic E-state index is 11.8. The fourth-order valence-corrected chi connectivity index (χ4v) is 5.94. The normalized spacial score (nSPS) is 13.2. The summed E-state index contributed by atoms with van der Waals surface area (Å²) in [5.41, 5.74) is 9.54. The van der Waals surface area contributed by atoms with Crippen LogP contribution in [0.2, 0.25) is 0 Å². The van der Waals surface area contributed by atoms with E-state index in [-0.39, 0.29) is 5.41 Å². The zero-order valence-corrected chi connectivity index (χ0v) is 21.4. The second-order valence-electron chi connectivity index (χ2n) is 9.95. The molecular formula is C34H35NO. The molecule has 0 unspecified atom stereocenters. The second-order valence-corrected chi connectivity index (χ2v) is 9.95. The summed E-state index contributed by atoms with van der Waals surface area (Å²) in [4.78, 5) is 14.1. The number of nitrogens with zero attached hydrogens (tertiary/aromatic N) is 1. The Bertz CT molecular complexity index is 1280. The van der Waals surface area contributed by atoms with E-state index in [1.807, 2.05) is 6.07 Å². The highest BCUT2D eigenvalue weighted by Crippen LogP contribution is 2.55. The van der Waals surface area contributed by atoms with Crippen molar-refractivity contribution in [1.29, 1.82) is 0 Å². The van der Waals surface area contributed by atoms with Crippen LogP contribution >= 0.6 is 0 Å². The standard InChI is InChI=1S/C34H35NO/c1-3-5-21-34(22-6-4-2)32-23-26(25-36)17-19-30(32)31-20-18-29(24-33(31)34)35(27-13-9-7-10-14-27)28-15-11-8-12-16-28/h7-20,23-25H,3-6,21-22H2,1-2H3. The van der Waals surface area contributed by atoms with Crippen LogP contribution in [0.15, 0.2) is 97.1 Å². The Balaban J connectivity index is 1.73. The largest absolute Gasteiger partial charge is 0.310 e. The number of carbonyl (C=O) groups excluding carboxylic acids is 1. The molecule has 1 aliphatic carbocycles. The molecule has 4 aromatic rings. The van der Waals surface area contributed by atoms with Crippen LogP contribution in [0.1, 0.15) is 73.9 Å². The van der Waals surface area contributed by atoms with Gasteiger partial charge in [-0.3, -0.25) is 4.79 Å². The first kappa shape index (κ1) is 24.1. The molecule has 0 atom stereocenters. The molecular weight excluding hydrogens is 438 g/mol. The lowest BCUT2D eigenvalue weighted by molar-refractivity contribution is 0.112. The summed E-state index contributed by atoms with van der Waals surface area (Å²) in [6.45, 7) is 4.55. The van der Waals surface area contributed by atoms with Gasteiger partial charge in [-0.25, -0.2) is 0 Å². The maximum Gasteiger partial charge on any atom is 0.150 e. The van der Waals surface area contributed by atoms with E-state index >= 15 is 0 Å². The molecule has 2 heteroatoms. The lowest BCUT2D eigenvalue weighted by Gasteiger charge is -2.34. The molecule has 0 saturated heterocycles. The monoisotopic (exact) mass is 473 g/mol. The number of aldehydes is 1. The van der Waals surface area contributed by atoms with Gasteiger partial charge in [0.15, 0.2) is 0 Å². The summed E-state index contributed by atoms with van der Waals surface area (Å²) in [6, 6.07) is 34.5. The fourth-order valence-electron chi connectivity index (χ4n) is 5.94. The first-order valence-corrected chi connectivity index (χ1v) is 13.4. The van der Waals surface area contributed by atoms with Crippen LogP contribution in [0.3, 0.4) is 0 Å². The minimum Gasteiger partial charge on any atom is -0.310 e. The van der Waals surface area contributed by atoms with Crippen molar-refractivity contribution in [2.75, 3.05) is 4.90 Å². The van der Waals surface area contributed by atoms with E-state index in [1.54, 1.807) is 0 Å². The van der Waals surface area contributed by atoms with E-state index in [1.165, 1.54) is 40.8 Å². The van der Waals surface area contributed by atoms with E-state index in [2.05, 4.69) is 110 Å². The van der Waals surface area contributed by atoms with Crippen molar-refractivity contribution < 1.29 is 4.79 Å². The number of benzene rings is 4. The van der Waals surface area contributed by atoms with Gasteiger partial charge < -0.3 is 4.90 Å². The van der Waals surface area contributed by atoms with Crippen LogP contribution in [0.25, 0.3) is 11.1 Å². The van der Waals surface area contributed by atoms with Crippen molar-refractivity contribution >= 4 is 23.3 Å². The highest BCUT2D eigenvalue weighted by Gasteiger charge is 2.42. The molecule has 5 rings (SSSR count). The van der Waals surface area contributed by atoms with E-state index < -0.39 is 0 Å². The van der Waals surface area contributed by atoms with Gasteiger partial charge in [0, 0.05) is 28.0 Å². The van der Waals surface area contributed by atoms with Crippen molar-refractivity contribution in [1.82, 2.24) is 0 Å². The highest BCUT2D eigenvalue weighted by molar-refractivity contribution is 5.88. The summed E-state index contributed by atoms with van der Waals surface area (Å²) in [6.07, 6.45) is 7.85. The van der Waals surface area contributed by atoms with Crippen LogP contribution in [0, 0.1) is 0 Å². The van der Waals surface area contributed by atoms with Crippen molar-refractivity contribution in [3.63, 3.8) is 0 Å². The molecule has 1 aliphatic rings. The third kappa shape index (κ3) is 4.26. The second kappa shape index (κ2) is 10.5. The Morgan fingerprint density at radius 1 is 0.639 bits per heavy atom. The number of anilines is 3. The van der Waals surface area contributed by atoms with Gasteiger partial charge in [0.2, 0.25) is 0 Å². The predicted octanol–water partition coefficient (Wildman–Crippen LogP) is 9.62. The summed E-state index contributed by atoms with van der Waals surface area (Å²) < 4.78 is 0. The third-order valence-electron chi connectivity index (χ3n) is 7.71. The Kier molecular flexibility index (Phi) is 7.04. The number of carbonyl (C=O) groups is 1. The number of unbranched alkanes of at least 4 members (excludes halogenated alkanes) is 2. The van der Waals surface area contributed by atoms with E-state index in [0.717, 1.165) is 48.9 Å². The van der Waals surface area contributed by atoms with Crippen LogP contribution < -0.4 is 4.90 Å².